The number of nitrogens with zero attached hydrogens (tertiary/aromatic N) is 2. The van der Waals surface area contributed by atoms with E-state index in [1.165, 1.54) is 0 Å². The van der Waals surface area contributed by atoms with Gasteiger partial charge in [0.15, 0.2) is 5.82 Å². The third-order valence-corrected chi connectivity index (χ3v) is 2.98. The molecule has 0 fully saturated rings. The molecule has 0 aliphatic carbocycles. The minimum absolute atomic E-state index is 0.140. The van der Waals surface area contributed by atoms with E-state index in [0.717, 1.165) is 23.2 Å². The van der Waals surface area contributed by atoms with Crippen LogP contribution in [0.15, 0.2) is 11.1 Å². The number of nitrogens with one attached hydrogen (secondary N) is 1. The van der Waals surface area contributed by atoms with Crippen LogP contribution in [0.4, 0.5) is 5.82 Å². The summed E-state index contributed by atoms with van der Waals surface area (Å²) in [5.41, 5.74) is 0. The van der Waals surface area contributed by atoms with Crippen LogP contribution in [-0.4, -0.2) is 27.9 Å². The number of ether oxygens (including phenoxy) is 1. The van der Waals surface area contributed by atoms with E-state index in [9.17, 15) is 0 Å². The molecule has 0 aromatic carbocycles. The third-order valence-electron chi connectivity index (χ3n) is 1.95. The van der Waals surface area contributed by atoms with E-state index in [2.05, 4.69) is 43.0 Å². The van der Waals surface area contributed by atoms with E-state index >= 15 is 0 Å². The van der Waals surface area contributed by atoms with Crippen molar-refractivity contribution < 1.29 is 4.74 Å². The zero-order chi connectivity index (χ0) is 13.6. The number of hydrogen-bond donors (Lipinski definition) is 1. The van der Waals surface area contributed by atoms with Gasteiger partial charge in [-0.3, -0.25) is 0 Å². The highest BCUT2D eigenvalue weighted by Gasteiger charge is 2.15. The Hall–Kier alpha value is -0.810. The van der Waals surface area contributed by atoms with Crippen LogP contribution in [0.2, 0.25) is 0 Å². The van der Waals surface area contributed by atoms with Crippen molar-refractivity contribution in [2.24, 2.45) is 0 Å². The molecule has 0 unspecified atom stereocenters. The molecule has 0 radical (unpaired) electrons. The first-order valence-corrected chi connectivity index (χ1v) is 7.15. The van der Waals surface area contributed by atoms with Gasteiger partial charge in [0.25, 0.3) is 0 Å². The van der Waals surface area contributed by atoms with Gasteiger partial charge in [-0.05, 0) is 13.8 Å². The van der Waals surface area contributed by atoms with E-state index in [-0.39, 0.29) is 4.75 Å². The van der Waals surface area contributed by atoms with Crippen LogP contribution in [0.1, 0.15) is 40.4 Å². The van der Waals surface area contributed by atoms with Crippen molar-refractivity contribution in [3.63, 3.8) is 0 Å². The molecule has 5 heteroatoms. The van der Waals surface area contributed by atoms with Crippen molar-refractivity contribution in [1.82, 2.24) is 9.97 Å². The van der Waals surface area contributed by atoms with Gasteiger partial charge < -0.3 is 10.1 Å². The Balaban J connectivity index is 2.90. The zero-order valence-electron chi connectivity index (χ0n) is 11.9. The Morgan fingerprint density at radius 1 is 1.28 bits per heavy atom. The Kier molecular flexibility index (Phi) is 5.88. The molecule has 1 aromatic heterocycles. The van der Waals surface area contributed by atoms with Gasteiger partial charge in [0.2, 0.25) is 0 Å². The third kappa shape index (κ3) is 5.69. The van der Waals surface area contributed by atoms with Gasteiger partial charge in [0.1, 0.15) is 17.5 Å². The molecule has 0 spiro atoms. The van der Waals surface area contributed by atoms with Crippen LogP contribution < -0.4 is 5.32 Å². The summed E-state index contributed by atoms with van der Waals surface area (Å²) in [5, 5.41) is 4.22. The molecule has 0 bridgehead atoms. The fourth-order valence-electron chi connectivity index (χ4n) is 1.37. The Morgan fingerprint density at radius 3 is 2.56 bits per heavy atom. The van der Waals surface area contributed by atoms with Crippen molar-refractivity contribution in [3.8, 4) is 0 Å². The first-order valence-electron chi connectivity index (χ1n) is 6.33. The predicted molar refractivity (Wildman–Crippen MR) is 77.1 cm³/mol. The summed E-state index contributed by atoms with van der Waals surface area (Å²) in [6.45, 7) is 12.5. The predicted octanol–water partition coefficient (Wildman–Crippen LogP) is 3.34. The quantitative estimate of drug-likeness (QED) is 0.634. The maximum Gasteiger partial charge on any atom is 0.157 e. The lowest BCUT2D eigenvalue weighted by Gasteiger charge is -2.17. The zero-order valence-corrected chi connectivity index (χ0v) is 12.7. The number of hydrogen-bond acceptors (Lipinski definition) is 5. The summed E-state index contributed by atoms with van der Waals surface area (Å²) in [4.78, 5) is 8.96. The minimum Gasteiger partial charge on any atom is -0.374 e. The van der Waals surface area contributed by atoms with Crippen molar-refractivity contribution in [2.75, 3.05) is 18.5 Å². The highest BCUT2D eigenvalue weighted by atomic mass is 32.2. The van der Waals surface area contributed by atoms with Gasteiger partial charge in [0.05, 0.1) is 0 Å². The normalized spacial score (nSPS) is 11.6. The van der Waals surface area contributed by atoms with Crippen LogP contribution in [-0.2, 0) is 11.3 Å². The average Bonchev–Trinajstić information content (AvgIpc) is 2.24. The van der Waals surface area contributed by atoms with E-state index in [1.807, 2.05) is 13.0 Å². The van der Waals surface area contributed by atoms with Crippen LogP contribution in [0.5, 0.6) is 0 Å². The molecule has 18 heavy (non-hydrogen) atoms. The summed E-state index contributed by atoms with van der Waals surface area (Å²) < 4.78 is 5.52. The van der Waals surface area contributed by atoms with Crippen LogP contribution in [0.25, 0.3) is 0 Å². The summed E-state index contributed by atoms with van der Waals surface area (Å²) in [7, 11) is 0. The Bertz CT molecular complexity index is 377. The number of rotatable bonds is 6. The van der Waals surface area contributed by atoms with Gasteiger partial charge in [-0.25, -0.2) is 9.97 Å². The molecule has 0 saturated carbocycles. The van der Waals surface area contributed by atoms with E-state index in [4.69, 9.17) is 4.74 Å². The highest BCUT2D eigenvalue weighted by Crippen LogP contribution is 2.31. The molecule has 102 valence electrons. The lowest BCUT2D eigenvalue weighted by atomic mass is 10.3. The molecule has 4 nitrogen and oxygen atoms in total. The lowest BCUT2D eigenvalue weighted by Crippen LogP contribution is -2.10. The molecule has 0 aliphatic rings. The summed E-state index contributed by atoms with van der Waals surface area (Å²) in [6.07, 6.45) is 0. The second-order valence-electron chi connectivity index (χ2n) is 4.89. The number of aromatic nitrogens is 2. The second kappa shape index (κ2) is 6.95. The summed E-state index contributed by atoms with van der Waals surface area (Å²) >= 11 is 1.74. The summed E-state index contributed by atoms with van der Waals surface area (Å²) in [6, 6.07) is 1.99. The fraction of sp³-hybridized carbons (Fsp3) is 0.692. The van der Waals surface area contributed by atoms with Gasteiger partial charge in [-0.2, -0.15) is 0 Å². The highest BCUT2D eigenvalue weighted by molar-refractivity contribution is 8.00. The Labute approximate surface area is 114 Å². The van der Waals surface area contributed by atoms with Crippen molar-refractivity contribution in [3.05, 3.63) is 11.9 Å². The molecular weight excluding hydrogens is 246 g/mol. The summed E-state index contributed by atoms with van der Waals surface area (Å²) in [5.74, 6) is 1.61. The molecule has 1 rings (SSSR count). The maximum atomic E-state index is 5.38. The largest absolute Gasteiger partial charge is 0.374 e. The molecule has 1 N–H and O–H groups in total. The molecule has 1 aromatic rings. The molecule has 0 atom stereocenters. The Morgan fingerprint density at radius 2 is 2.00 bits per heavy atom. The van der Waals surface area contributed by atoms with Crippen molar-refractivity contribution in [2.45, 2.75) is 51.0 Å². The van der Waals surface area contributed by atoms with Crippen molar-refractivity contribution >= 4 is 17.6 Å². The number of thioether (sulfide) groups is 1. The van der Waals surface area contributed by atoms with E-state index in [0.29, 0.717) is 13.2 Å². The lowest BCUT2D eigenvalue weighted by molar-refractivity contribution is 0.128. The molecular formula is C13H23N3OS. The van der Waals surface area contributed by atoms with Gasteiger partial charge in [0, 0.05) is 24.0 Å². The smallest absolute Gasteiger partial charge is 0.157 e. The standard InChI is InChI=1S/C13H23N3OS/c1-6-14-10-8-12(18-13(3,4)5)16-11(15-10)9-17-7-2/h8H,6-7,9H2,1-5H3,(H,14,15,16). The molecule has 0 aliphatic heterocycles. The molecule has 1 heterocycles. The first-order chi connectivity index (χ1) is 8.44. The topological polar surface area (TPSA) is 47.0 Å². The van der Waals surface area contributed by atoms with Gasteiger partial charge in [-0.15, -0.1) is 11.8 Å². The molecule has 0 saturated heterocycles. The van der Waals surface area contributed by atoms with Gasteiger partial charge >= 0.3 is 0 Å². The van der Waals surface area contributed by atoms with Crippen LogP contribution in [0.3, 0.4) is 0 Å². The number of anilines is 1. The second-order valence-corrected chi connectivity index (χ2v) is 6.74. The minimum atomic E-state index is 0.140. The molecule has 0 amide bonds. The van der Waals surface area contributed by atoms with Crippen LogP contribution >= 0.6 is 11.8 Å². The SMILES string of the molecule is CCNc1cc(SC(C)(C)C)nc(COCC)n1. The van der Waals surface area contributed by atoms with E-state index in [1.54, 1.807) is 11.8 Å². The van der Waals surface area contributed by atoms with Crippen LogP contribution in [0, 0.1) is 0 Å². The van der Waals surface area contributed by atoms with E-state index < -0.39 is 0 Å². The van der Waals surface area contributed by atoms with Crippen molar-refractivity contribution in [1.29, 1.82) is 0 Å². The van der Waals surface area contributed by atoms with Gasteiger partial charge in [-0.1, -0.05) is 20.8 Å². The average molecular weight is 269 g/mol. The fourth-order valence-corrected chi connectivity index (χ4v) is 2.32. The monoisotopic (exact) mass is 269 g/mol. The maximum absolute atomic E-state index is 5.38. The first kappa shape index (κ1) is 15.2.